The summed E-state index contributed by atoms with van der Waals surface area (Å²) in [5.74, 6) is 0.474. The Morgan fingerprint density at radius 3 is 2.94 bits per heavy atom. The molecule has 1 aromatic rings. The van der Waals surface area contributed by atoms with Crippen molar-refractivity contribution in [2.45, 2.75) is 45.2 Å². The quantitative estimate of drug-likeness (QED) is 0.815. The number of nitrogens with one attached hydrogen (secondary N) is 1. The van der Waals surface area contributed by atoms with Crippen LogP contribution >= 0.6 is 0 Å². The zero-order chi connectivity index (χ0) is 12.3. The van der Waals surface area contributed by atoms with Crippen LogP contribution in [0.5, 0.6) is 0 Å². The van der Waals surface area contributed by atoms with Crippen molar-refractivity contribution in [1.29, 1.82) is 0 Å². The number of rotatable bonds is 3. The summed E-state index contributed by atoms with van der Waals surface area (Å²) < 4.78 is 1.70. The van der Waals surface area contributed by atoms with E-state index in [2.05, 4.69) is 22.5 Å². The molecule has 1 aliphatic rings. The molecule has 4 heteroatoms. The molecule has 92 valence electrons. The van der Waals surface area contributed by atoms with Crippen LogP contribution in [0.2, 0.25) is 0 Å². The highest BCUT2D eigenvalue weighted by molar-refractivity contribution is 5.33. The average Bonchev–Trinajstić information content (AvgIpc) is 2.33. The summed E-state index contributed by atoms with van der Waals surface area (Å²) in [6, 6.07) is 0.500. The van der Waals surface area contributed by atoms with Gasteiger partial charge in [-0.3, -0.25) is 4.79 Å². The molecule has 17 heavy (non-hydrogen) atoms. The monoisotopic (exact) mass is 233 g/mol. The second-order valence-electron chi connectivity index (χ2n) is 4.71. The van der Waals surface area contributed by atoms with Gasteiger partial charge in [0, 0.05) is 24.5 Å². The van der Waals surface area contributed by atoms with Gasteiger partial charge >= 0.3 is 0 Å². The lowest BCUT2D eigenvalue weighted by Crippen LogP contribution is -2.30. The summed E-state index contributed by atoms with van der Waals surface area (Å²) in [6.45, 7) is 3.99. The molecule has 0 fully saturated rings. The number of hydrogen-bond acceptors (Lipinski definition) is 3. The number of allylic oxidation sites excluding steroid dienone is 1. The third kappa shape index (κ3) is 2.75. The molecule has 1 atom stereocenters. The maximum atomic E-state index is 12.1. The maximum absolute atomic E-state index is 12.1. The van der Waals surface area contributed by atoms with Gasteiger partial charge < -0.3 is 9.88 Å². The third-order valence-electron chi connectivity index (χ3n) is 3.03. The molecule has 1 aliphatic carbocycles. The Labute approximate surface area is 101 Å². The number of hydrogen-bond donors (Lipinski definition) is 1. The van der Waals surface area contributed by atoms with Gasteiger partial charge in [0.25, 0.3) is 5.56 Å². The molecule has 1 unspecified atom stereocenters. The smallest absolute Gasteiger partial charge is 0.293 e. The van der Waals surface area contributed by atoms with Gasteiger partial charge in [0.15, 0.2) is 5.82 Å². The second kappa shape index (κ2) is 5.17. The molecule has 0 saturated carbocycles. The lowest BCUT2D eigenvalue weighted by molar-refractivity contribution is 0.571. The van der Waals surface area contributed by atoms with E-state index >= 15 is 0 Å². The zero-order valence-corrected chi connectivity index (χ0v) is 10.4. The van der Waals surface area contributed by atoms with E-state index in [9.17, 15) is 4.79 Å². The van der Waals surface area contributed by atoms with Crippen molar-refractivity contribution >= 4 is 5.82 Å². The highest BCUT2D eigenvalue weighted by Crippen LogP contribution is 2.14. The predicted molar refractivity (Wildman–Crippen MR) is 69.3 cm³/mol. The van der Waals surface area contributed by atoms with Crippen molar-refractivity contribution in [3.05, 3.63) is 34.9 Å². The lowest BCUT2D eigenvalue weighted by atomic mass is 10.0. The van der Waals surface area contributed by atoms with Gasteiger partial charge in [0.1, 0.15) is 0 Å². The molecule has 2 rings (SSSR count). The standard InChI is InChI=1S/C13H19N3O/c1-10(2)16-9-8-14-12(13(16)17)15-11-6-4-3-5-7-11/h3-4,8-11H,5-7H2,1-2H3,(H,14,15). The van der Waals surface area contributed by atoms with Crippen LogP contribution < -0.4 is 10.9 Å². The molecule has 0 bridgehead atoms. The van der Waals surface area contributed by atoms with Gasteiger partial charge in [0.2, 0.25) is 0 Å². The van der Waals surface area contributed by atoms with Crippen LogP contribution in [0.3, 0.4) is 0 Å². The van der Waals surface area contributed by atoms with E-state index in [1.165, 1.54) is 0 Å². The number of nitrogens with zero attached hydrogens (tertiary/aromatic N) is 2. The second-order valence-corrected chi connectivity index (χ2v) is 4.71. The van der Waals surface area contributed by atoms with Crippen molar-refractivity contribution in [3.63, 3.8) is 0 Å². The fraction of sp³-hybridized carbons (Fsp3) is 0.538. The van der Waals surface area contributed by atoms with E-state index < -0.39 is 0 Å². The fourth-order valence-corrected chi connectivity index (χ4v) is 2.05. The minimum atomic E-state index is -0.0305. The fourth-order valence-electron chi connectivity index (χ4n) is 2.05. The number of anilines is 1. The van der Waals surface area contributed by atoms with E-state index in [-0.39, 0.29) is 11.6 Å². The van der Waals surface area contributed by atoms with Gasteiger partial charge in [-0.25, -0.2) is 4.98 Å². The van der Waals surface area contributed by atoms with Gasteiger partial charge in [-0.2, -0.15) is 0 Å². The van der Waals surface area contributed by atoms with Crippen LogP contribution in [0.25, 0.3) is 0 Å². The zero-order valence-electron chi connectivity index (χ0n) is 10.4. The lowest BCUT2D eigenvalue weighted by Gasteiger charge is -2.20. The van der Waals surface area contributed by atoms with Gasteiger partial charge in [-0.05, 0) is 33.1 Å². The molecule has 0 spiro atoms. The third-order valence-corrected chi connectivity index (χ3v) is 3.03. The first kappa shape index (κ1) is 11.9. The van der Waals surface area contributed by atoms with Crippen molar-refractivity contribution in [1.82, 2.24) is 9.55 Å². The molecule has 0 aromatic carbocycles. The van der Waals surface area contributed by atoms with Crippen molar-refractivity contribution in [2.24, 2.45) is 0 Å². The SMILES string of the molecule is CC(C)n1ccnc(NC2CC=CCC2)c1=O. The molecule has 0 amide bonds. The summed E-state index contributed by atoms with van der Waals surface area (Å²) in [7, 11) is 0. The van der Waals surface area contributed by atoms with Crippen molar-refractivity contribution in [3.8, 4) is 0 Å². The molecule has 0 radical (unpaired) electrons. The van der Waals surface area contributed by atoms with E-state index in [4.69, 9.17) is 0 Å². The topological polar surface area (TPSA) is 46.9 Å². The Hall–Kier alpha value is -1.58. The first-order valence-electron chi connectivity index (χ1n) is 6.17. The van der Waals surface area contributed by atoms with Gasteiger partial charge in [0.05, 0.1) is 0 Å². The minimum absolute atomic E-state index is 0.0305. The van der Waals surface area contributed by atoms with E-state index in [0.717, 1.165) is 19.3 Å². The number of aromatic nitrogens is 2. The van der Waals surface area contributed by atoms with Crippen molar-refractivity contribution < 1.29 is 0 Å². The highest BCUT2D eigenvalue weighted by Gasteiger charge is 2.13. The Balaban J connectivity index is 2.18. The minimum Gasteiger partial charge on any atom is -0.362 e. The summed E-state index contributed by atoms with van der Waals surface area (Å²) in [6.07, 6.45) is 10.9. The summed E-state index contributed by atoms with van der Waals surface area (Å²) >= 11 is 0. The normalized spacial score (nSPS) is 19.6. The first-order valence-corrected chi connectivity index (χ1v) is 6.17. The van der Waals surface area contributed by atoms with Crippen LogP contribution in [0.15, 0.2) is 29.3 Å². The Morgan fingerprint density at radius 1 is 1.47 bits per heavy atom. The van der Waals surface area contributed by atoms with E-state index in [0.29, 0.717) is 11.9 Å². The molecular formula is C13H19N3O. The van der Waals surface area contributed by atoms with E-state index in [1.807, 2.05) is 13.8 Å². The maximum Gasteiger partial charge on any atom is 0.293 e. The molecule has 1 aromatic heterocycles. The largest absolute Gasteiger partial charge is 0.362 e. The highest BCUT2D eigenvalue weighted by atomic mass is 16.1. The summed E-state index contributed by atoms with van der Waals surface area (Å²) in [5, 5.41) is 3.25. The predicted octanol–water partition coefficient (Wildman–Crippen LogP) is 2.34. The first-order chi connectivity index (χ1) is 8.18. The van der Waals surface area contributed by atoms with Crippen LogP contribution in [0.1, 0.15) is 39.2 Å². The Morgan fingerprint density at radius 2 is 2.29 bits per heavy atom. The Kier molecular flexibility index (Phi) is 3.61. The van der Waals surface area contributed by atoms with Crippen LogP contribution in [-0.2, 0) is 0 Å². The van der Waals surface area contributed by atoms with E-state index in [1.54, 1.807) is 17.0 Å². The molecule has 4 nitrogen and oxygen atoms in total. The van der Waals surface area contributed by atoms with Crippen molar-refractivity contribution in [2.75, 3.05) is 5.32 Å². The summed E-state index contributed by atoms with van der Waals surface area (Å²) in [4.78, 5) is 16.3. The summed E-state index contributed by atoms with van der Waals surface area (Å²) in [5.41, 5.74) is -0.0305. The Bertz CT molecular complexity index is 462. The van der Waals surface area contributed by atoms with Gasteiger partial charge in [-0.15, -0.1) is 0 Å². The molecule has 1 heterocycles. The average molecular weight is 233 g/mol. The van der Waals surface area contributed by atoms with Crippen LogP contribution in [0, 0.1) is 0 Å². The van der Waals surface area contributed by atoms with Crippen LogP contribution in [0.4, 0.5) is 5.82 Å². The molecule has 1 N–H and O–H groups in total. The molecule has 0 aliphatic heterocycles. The molecular weight excluding hydrogens is 214 g/mol. The van der Waals surface area contributed by atoms with Crippen LogP contribution in [-0.4, -0.2) is 15.6 Å². The molecule has 0 saturated heterocycles. The van der Waals surface area contributed by atoms with Gasteiger partial charge in [-0.1, -0.05) is 12.2 Å².